The first-order chi connectivity index (χ1) is 9.95. The van der Waals surface area contributed by atoms with Crippen molar-refractivity contribution in [2.75, 3.05) is 26.2 Å². The predicted octanol–water partition coefficient (Wildman–Crippen LogP) is -2.35. The van der Waals surface area contributed by atoms with Gasteiger partial charge in [-0.1, -0.05) is 31.9 Å². The zero-order chi connectivity index (χ0) is 16.1. The Hall–Kier alpha value is -0.400. The molecular weight excluding hydrogens is 295 g/mol. The molecule has 0 spiro atoms. The molecule has 0 aromatic carbocycles. The average molecular weight is 322 g/mol. The maximum Gasteiger partial charge on any atom is 1.00 e. The number of carboxylic acid groups (broad SMARTS) is 1. The van der Waals surface area contributed by atoms with Crippen LogP contribution in [0.15, 0.2) is 17.1 Å². The minimum atomic E-state index is -0.960. The summed E-state index contributed by atoms with van der Waals surface area (Å²) in [6, 6.07) is 0. The summed E-state index contributed by atoms with van der Waals surface area (Å²) in [6.07, 6.45) is 6.92. The molecule has 0 fully saturated rings. The molecule has 0 rings (SSSR count). The van der Waals surface area contributed by atoms with Crippen LogP contribution in [0.4, 0.5) is 0 Å². The van der Waals surface area contributed by atoms with Crippen molar-refractivity contribution in [3.63, 3.8) is 0 Å². The Balaban J connectivity index is 0. The molecule has 7 heteroatoms. The second kappa shape index (κ2) is 15.5. The molecular formula is C15H27N2NaO4. The molecule has 0 aromatic heterocycles. The molecule has 0 saturated carbocycles. The van der Waals surface area contributed by atoms with E-state index in [9.17, 15) is 15.0 Å². The quantitative estimate of drug-likeness (QED) is 0.182. The van der Waals surface area contributed by atoms with Gasteiger partial charge in [0.2, 0.25) is 0 Å². The number of aliphatic hydroxyl groups is 1. The standard InChI is InChI=1S/C15H28N2O4.Na/c1-3-4-5-6-7-8-14(19)16-9-10-17(11-13(2)18)12-15(20)21;/h7-8,13,18H,3-6,9-12H2,1-2H3,(H,16,19)(H,20,21);/q;+1/p-1/b8-7+;. The number of aliphatic carboxylic acids is 1. The summed E-state index contributed by atoms with van der Waals surface area (Å²) in [4.78, 5) is 16.1. The Morgan fingerprint density at radius 1 is 1.41 bits per heavy atom. The Kier molecular flexibility index (Phi) is 16.8. The van der Waals surface area contributed by atoms with E-state index < -0.39 is 12.1 Å². The topological polar surface area (TPSA) is 96.2 Å². The van der Waals surface area contributed by atoms with Crippen LogP contribution in [0.5, 0.6) is 0 Å². The fourth-order valence-electron chi connectivity index (χ4n) is 1.85. The number of carboxylic acids is 1. The van der Waals surface area contributed by atoms with Crippen LogP contribution in [0.1, 0.15) is 39.5 Å². The van der Waals surface area contributed by atoms with Gasteiger partial charge in [0.15, 0.2) is 0 Å². The summed E-state index contributed by atoms with van der Waals surface area (Å²) < 4.78 is 0. The van der Waals surface area contributed by atoms with Crippen LogP contribution in [-0.2, 0) is 4.79 Å². The van der Waals surface area contributed by atoms with Gasteiger partial charge in [-0.2, -0.15) is 0 Å². The summed E-state index contributed by atoms with van der Waals surface area (Å²) in [5.41, 5.74) is 0. The molecule has 6 nitrogen and oxygen atoms in total. The third-order valence-electron chi connectivity index (χ3n) is 2.80. The van der Waals surface area contributed by atoms with E-state index >= 15 is 0 Å². The van der Waals surface area contributed by atoms with Gasteiger partial charge < -0.3 is 15.3 Å². The third kappa shape index (κ3) is 16.0. The van der Waals surface area contributed by atoms with E-state index in [0.717, 1.165) is 25.7 Å². The van der Waals surface area contributed by atoms with Crippen molar-refractivity contribution in [3.8, 4) is 0 Å². The number of carbonyl (C=O) groups is 1. The zero-order valence-electron chi connectivity index (χ0n) is 14.0. The van der Waals surface area contributed by atoms with Gasteiger partial charge in [0.25, 0.3) is 0 Å². The van der Waals surface area contributed by atoms with Gasteiger partial charge in [0.05, 0.1) is 19.2 Å². The van der Waals surface area contributed by atoms with Crippen molar-refractivity contribution in [1.82, 2.24) is 4.90 Å². The molecule has 0 saturated heterocycles. The van der Waals surface area contributed by atoms with Crippen molar-refractivity contribution in [2.24, 2.45) is 4.99 Å². The van der Waals surface area contributed by atoms with Crippen LogP contribution in [-0.4, -0.2) is 59.3 Å². The smallest absolute Gasteiger partial charge is 0.859 e. The number of hydrogen-bond donors (Lipinski definition) is 2. The minimum absolute atomic E-state index is 0. The predicted molar refractivity (Wildman–Crippen MR) is 81.3 cm³/mol. The van der Waals surface area contributed by atoms with E-state index in [1.807, 2.05) is 6.08 Å². The first-order valence-electron chi connectivity index (χ1n) is 7.46. The first-order valence-corrected chi connectivity index (χ1v) is 7.46. The molecule has 2 N–H and O–H groups in total. The normalized spacial score (nSPS) is 13.4. The molecule has 0 radical (unpaired) electrons. The van der Waals surface area contributed by atoms with Crippen molar-refractivity contribution in [1.29, 1.82) is 0 Å². The summed E-state index contributed by atoms with van der Waals surface area (Å²) in [7, 11) is 0. The Bertz CT molecular complexity index is 346. The molecule has 0 amide bonds. The number of aliphatic imine (C=N–C) groups is 1. The van der Waals surface area contributed by atoms with Gasteiger partial charge in [-0.15, -0.1) is 0 Å². The molecule has 1 unspecified atom stereocenters. The maximum atomic E-state index is 11.5. The number of allylic oxidation sites excluding steroid dienone is 1. The maximum absolute atomic E-state index is 11.5. The molecule has 22 heavy (non-hydrogen) atoms. The molecule has 0 bridgehead atoms. The molecule has 1 atom stereocenters. The van der Waals surface area contributed by atoms with E-state index in [2.05, 4.69) is 11.9 Å². The Morgan fingerprint density at radius 3 is 2.64 bits per heavy atom. The van der Waals surface area contributed by atoms with Crippen molar-refractivity contribution in [2.45, 2.75) is 45.6 Å². The number of aliphatic hydroxyl groups excluding tert-OH is 1. The van der Waals surface area contributed by atoms with Gasteiger partial charge in [0.1, 0.15) is 0 Å². The van der Waals surface area contributed by atoms with Crippen LogP contribution in [0.3, 0.4) is 0 Å². The summed E-state index contributed by atoms with van der Waals surface area (Å²) in [6.45, 7) is 4.38. The zero-order valence-corrected chi connectivity index (χ0v) is 16.0. The molecule has 0 aliphatic rings. The molecule has 122 valence electrons. The average Bonchev–Trinajstić information content (AvgIpc) is 2.37. The minimum Gasteiger partial charge on any atom is -0.859 e. The number of unbranched alkanes of at least 4 members (excludes halogenated alkanes) is 3. The van der Waals surface area contributed by atoms with Crippen molar-refractivity contribution < 1.29 is 49.7 Å². The van der Waals surface area contributed by atoms with Gasteiger partial charge in [-0.25, -0.2) is 0 Å². The second-order valence-corrected chi connectivity index (χ2v) is 5.10. The molecule has 0 aromatic rings. The first kappa shape index (κ1) is 23.9. The van der Waals surface area contributed by atoms with Crippen LogP contribution in [0.2, 0.25) is 0 Å². The fourth-order valence-corrected chi connectivity index (χ4v) is 1.85. The third-order valence-corrected chi connectivity index (χ3v) is 2.80. The SMILES string of the molecule is CCCCC/C=C/C([O-])=NCCN(CC(=O)O)CC(C)O.[Na+]. The van der Waals surface area contributed by atoms with Gasteiger partial charge in [0, 0.05) is 13.1 Å². The fraction of sp³-hybridized carbons (Fsp3) is 0.733. The van der Waals surface area contributed by atoms with Crippen molar-refractivity contribution in [3.05, 3.63) is 12.2 Å². The van der Waals surface area contributed by atoms with E-state index in [4.69, 9.17) is 5.11 Å². The van der Waals surface area contributed by atoms with Crippen LogP contribution in [0, 0.1) is 0 Å². The van der Waals surface area contributed by atoms with E-state index in [-0.39, 0.29) is 55.1 Å². The molecule has 0 heterocycles. The molecule has 0 aliphatic carbocycles. The Morgan fingerprint density at radius 2 is 2.09 bits per heavy atom. The van der Waals surface area contributed by atoms with Gasteiger partial charge in [-0.3, -0.25) is 14.7 Å². The van der Waals surface area contributed by atoms with E-state index in [1.165, 1.54) is 6.08 Å². The van der Waals surface area contributed by atoms with Crippen LogP contribution in [0.25, 0.3) is 0 Å². The second-order valence-electron chi connectivity index (χ2n) is 5.10. The van der Waals surface area contributed by atoms with Crippen molar-refractivity contribution >= 4 is 11.9 Å². The van der Waals surface area contributed by atoms with Crippen LogP contribution >= 0.6 is 0 Å². The summed E-state index contributed by atoms with van der Waals surface area (Å²) in [5.74, 6) is -1.25. The molecule has 0 aliphatic heterocycles. The number of nitrogens with zero attached hydrogens (tertiary/aromatic N) is 2. The van der Waals surface area contributed by atoms with E-state index in [0.29, 0.717) is 6.54 Å². The number of hydrogen-bond acceptors (Lipinski definition) is 5. The van der Waals surface area contributed by atoms with Crippen LogP contribution < -0.4 is 34.7 Å². The number of rotatable bonds is 12. The summed E-state index contributed by atoms with van der Waals surface area (Å²) in [5, 5.41) is 29.5. The van der Waals surface area contributed by atoms with E-state index in [1.54, 1.807) is 11.8 Å². The largest absolute Gasteiger partial charge is 1.00 e. The van der Waals surface area contributed by atoms with Gasteiger partial charge in [-0.05, 0) is 25.7 Å². The Labute approximate surface area is 155 Å². The summed E-state index contributed by atoms with van der Waals surface area (Å²) >= 11 is 0. The monoisotopic (exact) mass is 322 g/mol. The van der Waals surface area contributed by atoms with Gasteiger partial charge >= 0.3 is 35.5 Å².